The molecule has 0 aromatic heterocycles. The van der Waals surface area contributed by atoms with Crippen molar-refractivity contribution in [2.24, 2.45) is 5.92 Å². The van der Waals surface area contributed by atoms with Crippen LogP contribution in [-0.2, 0) is 11.1 Å². The van der Waals surface area contributed by atoms with Crippen LogP contribution in [0.4, 0.5) is 0 Å². The minimum absolute atomic E-state index is 0.0171. The molecule has 0 aromatic carbocycles. The van der Waals surface area contributed by atoms with Gasteiger partial charge in [0, 0.05) is 0 Å². The quantitative estimate of drug-likeness (QED) is 0.649. The normalized spacial score (nSPS) is 18.2. The van der Waals surface area contributed by atoms with Gasteiger partial charge in [0.2, 0.25) is 0 Å². The van der Waals surface area contributed by atoms with E-state index in [1.54, 1.807) is 0 Å². The molecule has 0 radical (unpaired) electrons. The summed E-state index contributed by atoms with van der Waals surface area (Å²) in [5.41, 5.74) is 0. The molecule has 3 unspecified atom stereocenters. The molecule has 1 N–H and O–H groups in total. The number of hydrogen-bond acceptors (Lipinski definition) is 1. The van der Waals surface area contributed by atoms with Crippen molar-refractivity contribution in [2.45, 2.75) is 58.1 Å². The highest BCUT2D eigenvalue weighted by Crippen LogP contribution is 2.22. The minimum Gasteiger partial charge on any atom is -0.306 e. The Balaban J connectivity index is 4.08. The van der Waals surface area contributed by atoms with E-state index in [0.717, 1.165) is 19.3 Å². The van der Waals surface area contributed by atoms with Crippen molar-refractivity contribution in [2.75, 3.05) is 0 Å². The van der Waals surface area contributed by atoms with Crippen LogP contribution in [0.1, 0.15) is 52.9 Å². The third-order valence-electron chi connectivity index (χ3n) is 2.64. The summed E-state index contributed by atoms with van der Waals surface area (Å²) in [5, 5.41) is -0.0171. The minimum atomic E-state index is -1.64. The van der Waals surface area contributed by atoms with E-state index < -0.39 is 11.1 Å². The van der Waals surface area contributed by atoms with Crippen molar-refractivity contribution < 1.29 is 8.76 Å². The molecule has 0 heterocycles. The maximum Gasteiger partial charge on any atom is 0.156 e. The molecule has 0 bridgehead atoms. The third kappa shape index (κ3) is 4.77. The average molecular weight is 206 g/mol. The predicted molar refractivity (Wildman–Crippen MR) is 58.2 cm³/mol. The van der Waals surface area contributed by atoms with Crippen molar-refractivity contribution in [3.8, 4) is 0 Å². The van der Waals surface area contributed by atoms with Gasteiger partial charge in [0.1, 0.15) is 0 Å². The fraction of sp³-hybridized carbons (Fsp3) is 1.00. The summed E-state index contributed by atoms with van der Waals surface area (Å²) >= 11 is -1.64. The standard InChI is InChI=1S/C10H22O2S/c1-4-7-8-9(5-2)10(6-3)13(11)12/h9-10H,4-8H2,1-3H3,(H,11,12). The van der Waals surface area contributed by atoms with E-state index in [2.05, 4.69) is 13.8 Å². The van der Waals surface area contributed by atoms with Crippen LogP contribution in [0.2, 0.25) is 0 Å². The Morgan fingerprint density at radius 1 is 1.23 bits per heavy atom. The van der Waals surface area contributed by atoms with E-state index >= 15 is 0 Å². The lowest BCUT2D eigenvalue weighted by Crippen LogP contribution is -2.24. The first-order chi connectivity index (χ1) is 6.17. The fourth-order valence-corrected chi connectivity index (χ4v) is 2.70. The second kappa shape index (κ2) is 7.51. The largest absolute Gasteiger partial charge is 0.306 e. The van der Waals surface area contributed by atoms with E-state index in [4.69, 9.17) is 4.55 Å². The zero-order valence-corrected chi connectivity index (χ0v) is 9.77. The Labute approximate surface area is 84.4 Å². The monoisotopic (exact) mass is 206 g/mol. The lowest BCUT2D eigenvalue weighted by Gasteiger charge is -2.21. The van der Waals surface area contributed by atoms with Gasteiger partial charge in [-0.05, 0) is 18.8 Å². The van der Waals surface area contributed by atoms with Gasteiger partial charge in [-0.15, -0.1) is 0 Å². The third-order valence-corrected chi connectivity index (χ3v) is 3.88. The second-order valence-electron chi connectivity index (χ2n) is 3.53. The molecular formula is C10H22O2S. The van der Waals surface area contributed by atoms with Crippen LogP contribution in [-0.4, -0.2) is 14.0 Å². The number of hydrogen-bond donors (Lipinski definition) is 1. The first-order valence-corrected chi connectivity index (χ1v) is 6.43. The molecule has 3 atom stereocenters. The van der Waals surface area contributed by atoms with Gasteiger partial charge in [-0.2, -0.15) is 0 Å². The van der Waals surface area contributed by atoms with Gasteiger partial charge in [-0.25, -0.2) is 4.21 Å². The number of unbranched alkanes of at least 4 members (excludes halogenated alkanes) is 1. The summed E-state index contributed by atoms with van der Waals surface area (Å²) in [4.78, 5) is 0. The van der Waals surface area contributed by atoms with Crippen molar-refractivity contribution in [3.05, 3.63) is 0 Å². The Hall–Kier alpha value is 0.110. The Kier molecular flexibility index (Phi) is 7.57. The zero-order chi connectivity index (χ0) is 10.3. The predicted octanol–water partition coefficient (Wildman–Crippen LogP) is 3.20. The molecule has 0 aromatic rings. The highest BCUT2D eigenvalue weighted by molar-refractivity contribution is 7.79. The van der Waals surface area contributed by atoms with E-state index in [1.807, 2.05) is 6.92 Å². The van der Waals surface area contributed by atoms with Crippen LogP contribution in [0, 0.1) is 5.92 Å². The van der Waals surface area contributed by atoms with Gasteiger partial charge in [-0.1, -0.05) is 40.0 Å². The van der Waals surface area contributed by atoms with Crippen LogP contribution in [0.25, 0.3) is 0 Å². The fourth-order valence-electron chi connectivity index (χ4n) is 1.76. The second-order valence-corrected chi connectivity index (χ2v) is 4.69. The molecule has 0 saturated heterocycles. The first kappa shape index (κ1) is 13.1. The highest BCUT2D eigenvalue weighted by atomic mass is 32.2. The Bertz CT molecular complexity index is 148. The maximum absolute atomic E-state index is 11.0. The van der Waals surface area contributed by atoms with E-state index in [1.165, 1.54) is 12.8 Å². The molecule has 0 aliphatic rings. The van der Waals surface area contributed by atoms with Crippen LogP contribution in [0.5, 0.6) is 0 Å². The van der Waals surface area contributed by atoms with Crippen LogP contribution < -0.4 is 0 Å². The van der Waals surface area contributed by atoms with Gasteiger partial charge in [0.05, 0.1) is 5.25 Å². The van der Waals surface area contributed by atoms with Gasteiger partial charge in [-0.3, -0.25) is 0 Å². The summed E-state index contributed by atoms with van der Waals surface area (Å²) in [5.74, 6) is 0.427. The molecule has 0 saturated carbocycles. The summed E-state index contributed by atoms with van der Waals surface area (Å²) in [6.45, 7) is 6.26. The summed E-state index contributed by atoms with van der Waals surface area (Å²) in [6.07, 6.45) is 5.27. The number of rotatable bonds is 7. The van der Waals surface area contributed by atoms with Gasteiger partial charge < -0.3 is 4.55 Å². The molecular weight excluding hydrogens is 184 g/mol. The van der Waals surface area contributed by atoms with E-state index in [9.17, 15) is 4.21 Å². The topological polar surface area (TPSA) is 37.3 Å². The van der Waals surface area contributed by atoms with Gasteiger partial charge in [0.15, 0.2) is 11.1 Å². The SMILES string of the molecule is CCCCC(CC)C(CC)S(=O)O. The van der Waals surface area contributed by atoms with Crippen molar-refractivity contribution in [3.63, 3.8) is 0 Å². The molecule has 0 spiro atoms. The van der Waals surface area contributed by atoms with E-state index in [-0.39, 0.29) is 5.25 Å². The summed E-state index contributed by atoms with van der Waals surface area (Å²) in [7, 11) is 0. The van der Waals surface area contributed by atoms with Crippen molar-refractivity contribution >= 4 is 11.1 Å². The lowest BCUT2D eigenvalue weighted by molar-refractivity contribution is 0.404. The summed E-state index contributed by atoms with van der Waals surface area (Å²) in [6, 6.07) is 0. The van der Waals surface area contributed by atoms with E-state index in [0.29, 0.717) is 5.92 Å². The molecule has 0 rings (SSSR count). The Morgan fingerprint density at radius 3 is 2.15 bits per heavy atom. The van der Waals surface area contributed by atoms with Crippen molar-refractivity contribution in [1.29, 1.82) is 0 Å². The molecule has 0 aliphatic heterocycles. The highest BCUT2D eigenvalue weighted by Gasteiger charge is 2.22. The summed E-state index contributed by atoms with van der Waals surface area (Å²) < 4.78 is 20.1. The lowest BCUT2D eigenvalue weighted by atomic mass is 9.94. The van der Waals surface area contributed by atoms with Crippen LogP contribution in [0.15, 0.2) is 0 Å². The smallest absolute Gasteiger partial charge is 0.156 e. The van der Waals surface area contributed by atoms with Crippen LogP contribution >= 0.6 is 0 Å². The van der Waals surface area contributed by atoms with Crippen LogP contribution in [0.3, 0.4) is 0 Å². The molecule has 0 amide bonds. The molecule has 13 heavy (non-hydrogen) atoms. The average Bonchev–Trinajstić information content (AvgIpc) is 2.11. The maximum atomic E-state index is 11.0. The molecule has 2 nitrogen and oxygen atoms in total. The molecule has 0 fully saturated rings. The van der Waals surface area contributed by atoms with Gasteiger partial charge in [0.25, 0.3) is 0 Å². The molecule has 80 valence electrons. The first-order valence-electron chi connectivity index (χ1n) is 5.26. The van der Waals surface area contributed by atoms with Gasteiger partial charge >= 0.3 is 0 Å². The molecule has 0 aliphatic carbocycles. The zero-order valence-electron chi connectivity index (χ0n) is 8.95. The molecule has 3 heteroatoms. The van der Waals surface area contributed by atoms with Crippen molar-refractivity contribution in [1.82, 2.24) is 0 Å². The Morgan fingerprint density at radius 2 is 1.85 bits per heavy atom.